The molecule has 0 aromatic heterocycles. The van der Waals surface area contributed by atoms with Crippen molar-refractivity contribution in [2.45, 2.75) is 38.3 Å². The van der Waals surface area contributed by atoms with E-state index in [1.54, 1.807) is 0 Å². The van der Waals surface area contributed by atoms with Gasteiger partial charge in [0.15, 0.2) is 0 Å². The summed E-state index contributed by atoms with van der Waals surface area (Å²) >= 11 is 0. The Kier molecular flexibility index (Phi) is 3.82. The van der Waals surface area contributed by atoms with Crippen molar-refractivity contribution in [3.63, 3.8) is 0 Å². The molecule has 0 amide bonds. The Balaban J connectivity index is 1.88. The zero-order valence-corrected chi connectivity index (χ0v) is 10.8. The maximum absolute atomic E-state index is 2.58. The molecule has 0 bridgehead atoms. The first-order chi connectivity index (χ1) is 7.66. The number of likely N-dealkylation sites (N-methyl/N-ethyl adjacent to an activating group) is 1. The smallest absolute Gasteiger partial charge is 0.0315 e. The predicted octanol–water partition coefficient (Wildman–Crippen LogP) is 2.29. The van der Waals surface area contributed by atoms with E-state index in [1.807, 2.05) is 0 Å². The number of piperidine rings is 1. The molecule has 1 fully saturated rings. The van der Waals surface area contributed by atoms with Crippen LogP contribution in [-0.2, 0) is 0 Å². The van der Waals surface area contributed by atoms with Crippen molar-refractivity contribution in [3.05, 3.63) is 23.8 Å². The van der Waals surface area contributed by atoms with Gasteiger partial charge in [0.2, 0.25) is 0 Å². The van der Waals surface area contributed by atoms with Crippen molar-refractivity contribution >= 4 is 0 Å². The molecule has 1 unspecified atom stereocenters. The van der Waals surface area contributed by atoms with Gasteiger partial charge >= 0.3 is 0 Å². The number of nitrogens with zero attached hydrogens (tertiary/aromatic N) is 2. The van der Waals surface area contributed by atoms with Crippen LogP contribution in [0, 0.1) is 0 Å². The van der Waals surface area contributed by atoms with E-state index in [0.29, 0.717) is 6.04 Å². The highest BCUT2D eigenvalue weighted by molar-refractivity contribution is 5.23. The van der Waals surface area contributed by atoms with E-state index in [9.17, 15) is 0 Å². The fraction of sp³-hybridized carbons (Fsp3) is 0.714. The Morgan fingerprint density at radius 1 is 1.31 bits per heavy atom. The molecule has 0 saturated carbocycles. The molecule has 1 aliphatic heterocycles. The molecule has 1 aliphatic carbocycles. The number of likely N-dealkylation sites (tertiary alicyclic amines) is 1. The van der Waals surface area contributed by atoms with Crippen LogP contribution in [0.4, 0.5) is 0 Å². The normalized spacial score (nSPS) is 28.5. The van der Waals surface area contributed by atoms with Crippen LogP contribution in [0.1, 0.15) is 26.2 Å². The lowest BCUT2D eigenvalue weighted by atomic mass is 9.98. The van der Waals surface area contributed by atoms with Crippen LogP contribution in [0.5, 0.6) is 0 Å². The number of allylic oxidation sites excluding steroid dienone is 2. The Morgan fingerprint density at radius 3 is 2.56 bits per heavy atom. The summed E-state index contributed by atoms with van der Waals surface area (Å²) in [7, 11) is 4.52. The Morgan fingerprint density at radius 2 is 2.00 bits per heavy atom. The molecule has 1 atom stereocenters. The van der Waals surface area contributed by atoms with Gasteiger partial charge in [-0.1, -0.05) is 23.8 Å². The lowest BCUT2D eigenvalue weighted by molar-refractivity contribution is 0.123. The third kappa shape index (κ3) is 2.74. The molecule has 2 aliphatic rings. The minimum Gasteiger partial charge on any atom is -0.306 e. The van der Waals surface area contributed by atoms with Crippen LogP contribution >= 0.6 is 0 Å². The van der Waals surface area contributed by atoms with Crippen LogP contribution in [0.2, 0.25) is 0 Å². The second-order valence-electron chi connectivity index (χ2n) is 5.31. The highest BCUT2D eigenvalue weighted by atomic mass is 15.2. The Bertz CT molecular complexity index is 285. The van der Waals surface area contributed by atoms with Crippen molar-refractivity contribution < 1.29 is 0 Å². The third-order valence-electron chi connectivity index (χ3n) is 4.05. The lowest BCUT2D eigenvalue weighted by Crippen LogP contribution is -2.45. The van der Waals surface area contributed by atoms with Gasteiger partial charge in [0.05, 0.1) is 0 Å². The highest BCUT2D eigenvalue weighted by Gasteiger charge is 2.24. The van der Waals surface area contributed by atoms with Crippen molar-refractivity contribution in [2.75, 3.05) is 27.2 Å². The Labute approximate surface area is 99.6 Å². The second-order valence-corrected chi connectivity index (χ2v) is 5.31. The molecule has 0 N–H and O–H groups in total. The van der Waals surface area contributed by atoms with Gasteiger partial charge in [-0.05, 0) is 53.4 Å². The van der Waals surface area contributed by atoms with Gasteiger partial charge in [0.1, 0.15) is 0 Å². The average Bonchev–Trinajstić information content (AvgIpc) is 2.30. The molecule has 0 aromatic carbocycles. The van der Waals surface area contributed by atoms with Gasteiger partial charge in [-0.3, -0.25) is 4.90 Å². The zero-order chi connectivity index (χ0) is 11.5. The molecule has 2 nitrogen and oxygen atoms in total. The van der Waals surface area contributed by atoms with Crippen molar-refractivity contribution in [1.82, 2.24) is 9.80 Å². The first kappa shape index (κ1) is 11.9. The van der Waals surface area contributed by atoms with Crippen molar-refractivity contribution in [3.8, 4) is 0 Å². The van der Waals surface area contributed by atoms with Gasteiger partial charge in [0.25, 0.3) is 0 Å². The summed E-state index contributed by atoms with van der Waals surface area (Å²) < 4.78 is 0. The van der Waals surface area contributed by atoms with Gasteiger partial charge < -0.3 is 4.90 Å². The quantitative estimate of drug-likeness (QED) is 0.704. The van der Waals surface area contributed by atoms with Gasteiger partial charge in [-0.15, -0.1) is 0 Å². The number of rotatable bonds is 2. The fourth-order valence-electron chi connectivity index (χ4n) is 2.69. The SMILES string of the molecule is CC1=CCC(N(C)C2CCN(C)CC2)C=C1. The first-order valence-corrected chi connectivity index (χ1v) is 6.42. The fourth-order valence-corrected chi connectivity index (χ4v) is 2.69. The molecular weight excluding hydrogens is 196 g/mol. The molecule has 16 heavy (non-hydrogen) atoms. The summed E-state index contributed by atoms with van der Waals surface area (Å²) in [5.41, 5.74) is 1.41. The number of hydrogen-bond acceptors (Lipinski definition) is 2. The molecular formula is C14H24N2. The second kappa shape index (κ2) is 5.15. The van der Waals surface area contributed by atoms with E-state index in [0.717, 1.165) is 6.04 Å². The zero-order valence-electron chi connectivity index (χ0n) is 10.8. The highest BCUT2D eigenvalue weighted by Crippen LogP contribution is 2.21. The molecule has 2 heteroatoms. The molecule has 1 heterocycles. The summed E-state index contributed by atoms with van der Waals surface area (Å²) in [4.78, 5) is 5.01. The third-order valence-corrected chi connectivity index (χ3v) is 4.05. The molecule has 1 saturated heterocycles. The molecule has 90 valence electrons. The van der Waals surface area contributed by atoms with Gasteiger partial charge in [0, 0.05) is 12.1 Å². The topological polar surface area (TPSA) is 6.48 Å². The molecule has 0 aromatic rings. The minimum atomic E-state index is 0.622. The van der Waals surface area contributed by atoms with E-state index in [1.165, 1.54) is 37.9 Å². The summed E-state index contributed by atoms with van der Waals surface area (Å²) in [6.07, 6.45) is 10.8. The molecule has 0 radical (unpaired) electrons. The van der Waals surface area contributed by atoms with E-state index in [-0.39, 0.29) is 0 Å². The Hall–Kier alpha value is -0.600. The van der Waals surface area contributed by atoms with E-state index in [2.05, 4.69) is 49.0 Å². The van der Waals surface area contributed by atoms with Crippen molar-refractivity contribution in [1.29, 1.82) is 0 Å². The summed E-state index contributed by atoms with van der Waals surface area (Å²) in [6.45, 7) is 4.68. The van der Waals surface area contributed by atoms with Crippen LogP contribution in [0.3, 0.4) is 0 Å². The van der Waals surface area contributed by atoms with Gasteiger partial charge in [-0.25, -0.2) is 0 Å². The monoisotopic (exact) mass is 220 g/mol. The predicted molar refractivity (Wildman–Crippen MR) is 69.6 cm³/mol. The van der Waals surface area contributed by atoms with E-state index >= 15 is 0 Å². The maximum atomic E-state index is 2.58. The van der Waals surface area contributed by atoms with Crippen LogP contribution < -0.4 is 0 Å². The largest absolute Gasteiger partial charge is 0.306 e. The van der Waals surface area contributed by atoms with Crippen LogP contribution in [0.15, 0.2) is 23.8 Å². The van der Waals surface area contributed by atoms with Crippen LogP contribution in [-0.4, -0.2) is 49.1 Å². The van der Waals surface area contributed by atoms with Crippen molar-refractivity contribution in [2.24, 2.45) is 0 Å². The summed E-state index contributed by atoms with van der Waals surface area (Å²) in [5, 5.41) is 0. The average molecular weight is 220 g/mol. The van der Waals surface area contributed by atoms with E-state index < -0.39 is 0 Å². The molecule has 2 rings (SSSR count). The maximum Gasteiger partial charge on any atom is 0.0315 e. The first-order valence-electron chi connectivity index (χ1n) is 6.42. The minimum absolute atomic E-state index is 0.622. The van der Waals surface area contributed by atoms with Gasteiger partial charge in [-0.2, -0.15) is 0 Å². The lowest BCUT2D eigenvalue weighted by Gasteiger charge is -2.39. The number of hydrogen-bond donors (Lipinski definition) is 0. The standard InChI is InChI=1S/C14H24N2/c1-12-4-6-13(7-5-12)16(3)14-8-10-15(2)11-9-14/h4-6,13-14H,7-11H2,1-3H3. The molecule has 0 spiro atoms. The van der Waals surface area contributed by atoms with Crippen LogP contribution in [0.25, 0.3) is 0 Å². The summed E-state index contributed by atoms with van der Waals surface area (Å²) in [6, 6.07) is 1.40. The van der Waals surface area contributed by atoms with E-state index in [4.69, 9.17) is 0 Å². The summed E-state index contributed by atoms with van der Waals surface area (Å²) in [5.74, 6) is 0.